The van der Waals surface area contributed by atoms with E-state index in [4.69, 9.17) is 30.5 Å². The predicted molar refractivity (Wildman–Crippen MR) is 162 cm³/mol. The monoisotopic (exact) mass is 659 g/mol. The lowest BCUT2D eigenvalue weighted by atomic mass is 10.2. The second-order valence-corrected chi connectivity index (χ2v) is 10.8. The van der Waals surface area contributed by atoms with Crippen molar-refractivity contribution in [1.29, 1.82) is 0 Å². The van der Waals surface area contributed by atoms with Crippen molar-refractivity contribution in [2.24, 2.45) is 0 Å². The fourth-order valence-electron chi connectivity index (χ4n) is 3.91. The van der Waals surface area contributed by atoms with Gasteiger partial charge >= 0.3 is 5.97 Å². The Morgan fingerprint density at radius 1 is 1.05 bits per heavy atom. The topological polar surface area (TPSA) is 105 Å². The lowest BCUT2D eigenvalue weighted by Crippen LogP contribution is -2.03. The minimum atomic E-state index is -1.11. The van der Waals surface area contributed by atoms with Crippen molar-refractivity contribution in [3.05, 3.63) is 80.1 Å². The quantitative estimate of drug-likeness (QED) is 0.125. The minimum Gasteiger partial charge on any atom is -0.497 e. The summed E-state index contributed by atoms with van der Waals surface area (Å²) >= 11 is 10.8. The molecule has 12 heteroatoms. The number of carbonyl (C=O) groups is 1. The van der Waals surface area contributed by atoms with Crippen molar-refractivity contribution in [1.82, 2.24) is 14.8 Å². The van der Waals surface area contributed by atoms with Crippen LogP contribution in [0.2, 0.25) is 5.02 Å². The van der Waals surface area contributed by atoms with Crippen LogP contribution < -0.4 is 18.9 Å². The van der Waals surface area contributed by atoms with Crippen LogP contribution in [0, 0.1) is 0 Å². The van der Waals surface area contributed by atoms with E-state index in [-0.39, 0.29) is 11.5 Å². The van der Waals surface area contributed by atoms with Gasteiger partial charge < -0.3 is 28.6 Å². The van der Waals surface area contributed by atoms with Crippen molar-refractivity contribution in [3.63, 3.8) is 0 Å². The number of rotatable bonds is 12. The minimum absolute atomic E-state index is 0.0422. The molecular formula is C29H27BrClN3O6S. The first-order valence-electron chi connectivity index (χ1n) is 12.3. The molecule has 0 saturated heterocycles. The van der Waals surface area contributed by atoms with Gasteiger partial charge in [0.15, 0.2) is 22.5 Å². The van der Waals surface area contributed by atoms with Crippen LogP contribution in [0.3, 0.4) is 0 Å². The molecule has 0 spiro atoms. The summed E-state index contributed by atoms with van der Waals surface area (Å²) in [5, 5.41) is 19.7. The molecular weight excluding hydrogens is 634 g/mol. The molecule has 3 aromatic carbocycles. The number of ether oxygens (including phenoxy) is 4. The van der Waals surface area contributed by atoms with Gasteiger partial charge in [-0.2, -0.15) is 0 Å². The summed E-state index contributed by atoms with van der Waals surface area (Å²) in [6.45, 7) is 2.67. The molecule has 0 aliphatic rings. The molecule has 41 heavy (non-hydrogen) atoms. The SMILES string of the molecule is CCn1c(S/C(=C\c2cc(Br)c(OCc3ccccc3Cl)c(OC)c2)C(=O)O)nnc1-c1cc(OC)cc(OC)c1. The number of carboxylic acid groups (broad SMARTS) is 1. The number of hydrogen-bond acceptors (Lipinski definition) is 8. The molecule has 0 aliphatic heterocycles. The van der Waals surface area contributed by atoms with E-state index in [1.807, 2.05) is 41.8 Å². The molecule has 0 bridgehead atoms. The van der Waals surface area contributed by atoms with E-state index in [0.717, 1.165) is 22.9 Å². The first-order chi connectivity index (χ1) is 19.8. The zero-order valence-corrected chi connectivity index (χ0v) is 25.8. The Balaban J connectivity index is 1.64. The van der Waals surface area contributed by atoms with E-state index in [9.17, 15) is 9.90 Å². The molecule has 0 unspecified atom stereocenters. The van der Waals surface area contributed by atoms with Crippen LogP contribution in [0.5, 0.6) is 23.0 Å². The maximum absolute atomic E-state index is 12.3. The molecule has 1 N–H and O–H groups in total. The fraction of sp³-hybridized carbons (Fsp3) is 0.207. The van der Waals surface area contributed by atoms with Gasteiger partial charge in [-0.25, -0.2) is 4.79 Å². The Bertz CT molecular complexity index is 1570. The molecule has 1 heterocycles. The Morgan fingerprint density at radius 2 is 1.76 bits per heavy atom. The van der Waals surface area contributed by atoms with Crippen LogP contribution in [-0.4, -0.2) is 47.2 Å². The average molecular weight is 661 g/mol. The molecule has 0 saturated carbocycles. The zero-order valence-electron chi connectivity index (χ0n) is 22.7. The lowest BCUT2D eigenvalue weighted by Gasteiger charge is -2.14. The van der Waals surface area contributed by atoms with E-state index in [1.54, 1.807) is 44.6 Å². The normalized spacial score (nSPS) is 11.3. The number of aliphatic carboxylic acids is 1. The van der Waals surface area contributed by atoms with Gasteiger partial charge in [-0.05, 0) is 76.6 Å². The van der Waals surface area contributed by atoms with Gasteiger partial charge in [-0.3, -0.25) is 0 Å². The molecule has 0 atom stereocenters. The van der Waals surface area contributed by atoms with Crippen LogP contribution in [0.4, 0.5) is 0 Å². The molecule has 9 nitrogen and oxygen atoms in total. The van der Waals surface area contributed by atoms with Crippen LogP contribution >= 0.6 is 39.3 Å². The van der Waals surface area contributed by atoms with E-state index in [1.165, 1.54) is 7.11 Å². The van der Waals surface area contributed by atoms with E-state index < -0.39 is 5.97 Å². The van der Waals surface area contributed by atoms with E-state index >= 15 is 0 Å². The third-order valence-electron chi connectivity index (χ3n) is 5.93. The van der Waals surface area contributed by atoms with Crippen LogP contribution in [-0.2, 0) is 17.9 Å². The van der Waals surface area contributed by atoms with Gasteiger partial charge in [0.2, 0.25) is 0 Å². The highest BCUT2D eigenvalue weighted by Crippen LogP contribution is 2.39. The number of benzene rings is 3. The van der Waals surface area contributed by atoms with E-state index in [0.29, 0.717) is 55.6 Å². The number of thioether (sulfide) groups is 1. The summed E-state index contributed by atoms with van der Waals surface area (Å²) in [4.78, 5) is 12.3. The fourth-order valence-corrected chi connectivity index (χ4v) is 5.56. The maximum atomic E-state index is 12.3. The third kappa shape index (κ3) is 7.16. The second-order valence-electron chi connectivity index (χ2n) is 8.48. The number of carboxylic acids is 1. The Kier molecular flexibility index (Phi) is 10.2. The predicted octanol–water partition coefficient (Wildman–Crippen LogP) is 7.20. The van der Waals surface area contributed by atoms with E-state index in [2.05, 4.69) is 26.1 Å². The van der Waals surface area contributed by atoms with Gasteiger partial charge in [0.1, 0.15) is 23.0 Å². The van der Waals surface area contributed by atoms with Gasteiger partial charge in [-0.15, -0.1) is 10.2 Å². The van der Waals surface area contributed by atoms with Crippen molar-refractivity contribution in [3.8, 4) is 34.4 Å². The number of nitrogens with zero attached hydrogens (tertiary/aromatic N) is 3. The highest BCUT2D eigenvalue weighted by atomic mass is 79.9. The molecule has 4 aromatic rings. The van der Waals surface area contributed by atoms with Gasteiger partial charge in [-0.1, -0.05) is 29.8 Å². The largest absolute Gasteiger partial charge is 0.497 e. The summed E-state index contributed by atoms with van der Waals surface area (Å²) in [6.07, 6.45) is 1.54. The summed E-state index contributed by atoms with van der Waals surface area (Å²) in [6, 6.07) is 16.3. The molecule has 4 rings (SSSR count). The highest BCUT2D eigenvalue weighted by Gasteiger charge is 2.20. The van der Waals surface area contributed by atoms with Crippen molar-refractivity contribution in [2.45, 2.75) is 25.2 Å². The molecule has 0 radical (unpaired) electrons. The molecule has 0 aliphatic carbocycles. The Labute approximate surface area is 255 Å². The third-order valence-corrected chi connectivity index (χ3v) is 7.89. The lowest BCUT2D eigenvalue weighted by molar-refractivity contribution is -0.131. The number of methoxy groups -OCH3 is 3. The van der Waals surface area contributed by atoms with Gasteiger partial charge in [0.25, 0.3) is 0 Å². The smallest absolute Gasteiger partial charge is 0.342 e. The Morgan fingerprint density at radius 3 is 2.37 bits per heavy atom. The summed E-state index contributed by atoms with van der Waals surface area (Å²) < 4.78 is 24.7. The number of hydrogen-bond donors (Lipinski definition) is 1. The summed E-state index contributed by atoms with van der Waals surface area (Å²) in [5.41, 5.74) is 2.14. The molecule has 214 valence electrons. The van der Waals surface area contributed by atoms with Crippen molar-refractivity contribution >= 4 is 51.3 Å². The second kappa shape index (κ2) is 13.8. The maximum Gasteiger partial charge on any atom is 0.342 e. The molecule has 0 fully saturated rings. The molecule has 0 amide bonds. The Hall–Kier alpha value is -3.67. The summed E-state index contributed by atoms with van der Waals surface area (Å²) in [7, 11) is 4.65. The van der Waals surface area contributed by atoms with Gasteiger partial charge in [0.05, 0.1) is 25.8 Å². The van der Waals surface area contributed by atoms with Crippen LogP contribution in [0.25, 0.3) is 17.5 Å². The number of aromatic nitrogens is 3. The zero-order chi connectivity index (χ0) is 29.5. The van der Waals surface area contributed by atoms with Crippen molar-refractivity contribution < 1.29 is 28.8 Å². The first-order valence-corrected chi connectivity index (χ1v) is 14.3. The van der Waals surface area contributed by atoms with Crippen LogP contribution in [0.1, 0.15) is 18.1 Å². The first kappa shape index (κ1) is 30.3. The van der Waals surface area contributed by atoms with Crippen molar-refractivity contribution in [2.75, 3.05) is 21.3 Å². The molecule has 1 aromatic heterocycles. The van der Waals surface area contributed by atoms with Crippen LogP contribution in [0.15, 0.2) is 69.1 Å². The standard InChI is InChI=1S/C29H27BrClN3O6S/c1-5-34-27(19-13-20(37-2)15-21(14-19)38-3)32-33-29(34)41-25(28(35)36)12-17-10-22(30)26(24(11-17)39-4)40-16-18-8-6-7-9-23(18)31/h6-15H,5,16H2,1-4H3,(H,35,36)/b25-12-. The van der Waals surface area contributed by atoms with Gasteiger partial charge in [0, 0.05) is 28.8 Å². The highest BCUT2D eigenvalue weighted by molar-refractivity contribution is 9.10. The summed E-state index contributed by atoms with van der Waals surface area (Å²) in [5.74, 6) is 1.55. The number of halogens is 2. The average Bonchev–Trinajstić information content (AvgIpc) is 3.38.